The molecule has 2 heterocycles. The highest BCUT2D eigenvalue weighted by Gasteiger charge is 2.28. The molecule has 1 unspecified atom stereocenters. The van der Waals surface area contributed by atoms with Crippen LogP contribution in [0.3, 0.4) is 0 Å². The summed E-state index contributed by atoms with van der Waals surface area (Å²) in [6, 6.07) is 10.9. The van der Waals surface area contributed by atoms with Crippen LogP contribution in [0.2, 0.25) is 0 Å². The highest BCUT2D eigenvalue weighted by Crippen LogP contribution is 2.26. The Labute approximate surface area is 133 Å². The highest BCUT2D eigenvalue weighted by atomic mass is 16.2. The molecule has 120 valence electrons. The smallest absolute Gasteiger partial charge is 0.225 e. The number of nitrogens with one attached hydrogen (secondary N) is 2. The summed E-state index contributed by atoms with van der Waals surface area (Å²) in [6.07, 6.45) is 2.51. The lowest BCUT2D eigenvalue weighted by Crippen LogP contribution is -2.52. The maximum Gasteiger partial charge on any atom is 0.225 e. The van der Waals surface area contributed by atoms with E-state index in [1.807, 2.05) is 0 Å². The largest absolute Gasteiger partial charge is 0.354 e. The van der Waals surface area contributed by atoms with Gasteiger partial charge < -0.3 is 10.6 Å². The molecule has 0 saturated carbocycles. The molecule has 4 heteroatoms. The summed E-state index contributed by atoms with van der Waals surface area (Å²) in [5.41, 5.74) is 1.31. The third kappa shape index (κ3) is 3.68. The third-order valence-corrected chi connectivity index (χ3v) is 5.07. The fourth-order valence-corrected chi connectivity index (χ4v) is 3.29. The van der Waals surface area contributed by atoms with Gasteiger partial charge in [0.25, 0.3) is 0 Å². The standard InChI is InChI=1S/C18H27N3O/c1-14-7-9-21(10-8-14)17(15-5-3-2-4-6-15)13-20-18(22)16-11-19-12-16/h2-6,14,16-17,19H,7-13H2,1H3,(H,20,22). The van der Waals surface area contributed by atoms with Crippen LogP contribution in [0.25, 0.3) is 0 Å². The van der Waals surface area contributed by atoms with Crippen molar-refractivity contribution in [3.63, 3.8) is 0 Å². The molecule has 1 aromatic rings. The number of carbonyl (C=O) groups is 1. The first-order valence-corrected chi connectivity index (χ1v) is 8.51. The van der Waals surface area contributed by atoms with Gasteiger partial charge in [-0.25, -0.2) is 0 Å². The van der Waals surface area contributed by atoms with Gasteiger partial charge in [-0.05, 0) is 37.4 Å². The Kier molecular flexibility index (Phi) is 5.11. The van der Waals surface area contributed by atoms with Gasteiger partial charge in [-0.1, -0.05) is 37.3 Å². The first-order valence-electron chi connectivity index (χ1n) is 8.51. The van der Waals surface area contributed by atoms with Gasteiger partial charge in [-0.15, -0.1) is 0 Å². The van der Waals surface area contributed by atoms with Gasteiger partial charge in [0.05, 0.1) is 12.0 Å². The number of piperidine rings is 1. The van der Waals surface area contributed by atoms with Crippen molar-refractivity contribution in [2.45, 2.75) is 25.8 Å². The predicted octanol–water partition coefficient (Wildman–Crippen LogP) is 1.80. The molecule has 1 aromatic carbocycles. The van der Waals surface area contributed by atoms with Gasteiger partial charge in [-0.2, -0.15) is 0 Å². The minimum atomic E-state index is 0.165. The fraction of sp³-hybridized carbons (Fsp3) is 0.611. The first kappa shape index (κ1) is 15.5. The van der Waals surface area contributed by atoms with Gasteiger partial charge in [0, 0.05) is 19.6 Å². The van der Waals surface area contributed by atoms with Crippen LogP contribution in [0, 0.1) is 11.8 Å². The highest BCUT2D eigenvalue weighted by molar-refractivity contribution is 5.80. The average Bonchev–Trinajstić information content (AvgIpc) is 2.48. The predicted molar refractivity (Wildman–Crippen MR) is 88.5 cm³/mol. The molecule has 0 radical (unpaired) electrons. The summed E-state index contributed by atoms with van der Waals surface area (Å²) in [5, 5.41) is 6.33. The Balaban J connectivity index is 1.64. The quantitative estimate of drug-likeness (QED) is 0.871. The molecule has 2 saturated heterocycles. The van der Waals surface area contributed by atoms with E-state index in [1.54, 1.807) is 0 Å². The van der Waals surface area contributed by atoms with Crippen molar-refractivity contribution in [2.75, 3.05) is 32.7 Å². The van der Waals surface area contributed by atoms with Gasteiger partial charge in [0.1, 0.15) is 0 Å². The minimum absolute atomic E-state index is 0.165. The molecule has 1 amide bonds. The molecule has 1 atom stereocenters. The summed E-state index contributed by atoms with van der Waals surface area (Å²) < 4.78 is 0. The second-order valence-corrected chi connectivity index (χ2v) is 6.75. The summed E-state index contributed by atoms with van der Waals surface area (Å²) in [6.45, 7) is 6.95. The fourth-order valence-electron chi connectivity index (χ4n) is 3.29. The van der Waals surface area contributed by atoms with Crippen LogP contribution in [0.5, 0.6) is 0 Å². The second kappa shape index (κ2) is 7.25. The monoisotopic (exact) mass is 301 g/mol. The molecule has 3 rings (SSSR count). The molecule has 0 aromatic heterocycles. The van der Waals surface area contributed by atoms with Crippen LogP contribution in [0.1, 0.15) is 31.4 Å². The van der Waals surface area contributed by atoms with Crippen molar-refractivity contribution in [3.05, 3.63) is 35.9 Å². The van der Waals surface area contributed by atoms with Crippen molar-refractivity contribution in [1.29, 1.82) is 0 Å². The second-order valence-electron chi connectivity index (χ2n) is 6.75. The molecule has 2 N–H and O–H groups in total. The van der Waals surface area contributed by atoms with Crippen LogP contribution in [0.15, 0.2) is 30.3 Å². The molecule has 0 aliphatic carbocycles. The van der Waals surface area contributed by atoms with Crippen molar-refractivity contribution in [1.82, 2.24) is 15.5 Å². The van der Waals surface area contributed by atoms with E-state index in [1.165, 1.54) is 18.4 Å². The van der Waals surface area contributed by atoms with Crippen LogP contribution >= 0.6 is 0 Å². The normalized spacial score (nSPS) is 22.0. The Morgan fingerprint density at radius 1 is 1.27 bits per heavy atom. The summed E-state index contributed by atoms with van der Waals surface area (Å²) in [5.74, 6) is 1.19. The number of likely N-dealkylation sites (tertiary alicyclic amines) is 1. The van der Waals surface area contributed by atoms with E-state index in [4.69, 9.17) is 0 Å². The van der Waals surface area contributed by atoms with Crippen LogP contribution in [-0.2, 0) is 4.79 Å². The number of rotatable bonds is 5. The molecule has 4 nitrogen and oxygen atoms in total. The summed E-state index contributed by atoms with van der Waals surface area (Å²) >= 11 is 0. The molecule has 2 fully saturated rings. The zero-order valence-corrected chi connectivity index (χ0v) is 13.4. The Bertz CT molecular complexity index is 478. The van der Waals surface area contributed by atoms with Crippen molar-refractivity contribution >= 4 is 5.91 Å². The van der Waals surface area contributed by atoms with Crippen LogP contribution in [0.4, 0.5) is 0 Å². The molecule has 22 heavy (non-hydrogen) atoms. The van der Waals surface area contributed by atoms with E-state index in [0.717, 1.165) is 32.1 Å². The van der Waals surface area contributed by atoms with Gasteiger partial charge >= 0.3 is 0 Å². The van der Waals surface area contributed by atoms with Gasteiger partial charge in [0.15, 0.2) is 0 Å². The molecular formula is C18H27N3O. The number of benzene rings is 1. The lowest BCUT2D eigenvalue weighted by Gasteiger charge is -2.37. The molecule has 0 spiro atoms. The lowest BCUT2D eigenvalue weighted by molar-refractivity contribution is -0.126. The number of amides is 1. The maximum absolute atomic E-state index is 12.1. The zero-order valence-electron chi connectivity index (χ0n) is 13.4. The Morgan fingerprint density at radius 3 is 2.55 bits per heavy atom. The zero-order chi connectivity index (χ0) is 15.4. The molecular weight excluding hydrogens is 274 g/mol. The summed E-state index contributed by atoms with van der Waals surface area (Å²) in [7, 11) is 0. The molecule has 2 aliphatic rings. The number of hydrogen-bond acceptors (Lipinski definition) is 3. The van der Waals surface area contributed by atoms with E-state index in [2.05, 4.69) is 52.8 Å². The first-order chi connectivity index (χ1) is 10.7. The molecule has 2 aliphatic heterocycles. The number of carbonyl (C=O) groups excluding carboxylic acids is 1. The Hall–Kier alpha value is -1.39. The third-order valence-electron chi connectivity index (χ3n) is 5.07. The van der Waals surface area contributed by atoms with Crippen molar-refractivity contribution < 1.29 is 4.79 Å². The average molecular weight is 301 g/mol. The minimum Gasteiger partial charge on any atom is -0.354 e. The molecule has 0 bridgehead atoms. The Morgan fingerprint density at radius 2 is 1.95 bits per heavy atom. The van der Waals surface area contributed by atoms with Crippen LogP contribution < -0.4 is 10.6 Å². The van der Waals surface area contributed by atoms with E-state index >= 15 is 0 Å². The maximum atomic E-state index is 12.1. The van der Waals surface area contributed by atoms with Gasteiger partial charge in [0.2, 0.25) is 5.91 Å². The van der Waals surface area contributed by atoms with Crippen molar-refractivity contribution in [2.24, 2.45) is 11.8 Å². The van der Waals surface area contributed by atoms with E-state index in [-0.39, 0.29) is 11.8 Å². The van der Waals surface area contributed by atoms with E-state index in [9.17, 15) is 4.79 Å². The van der Waals surface area contributed by atoms with Crippen LogP contribution in [-0.4, -0.2) is 43.5 Å². The topological polar surface area (TPSA) is 44.4 Å². The lowest BCUT2D eigenvalue weighted by atomic mass is 9.95. The number of hydrogen-bond donors (Lipinski definition) is 2. The number of nitrogens with zero attached hydrogens (tertiary/aromatic N) is 1. The van der Waals surface area contributed by atoms with Gasteiger partial charge in [-0.3, -0.25) is 9.69 Å². The van der Waals surface area contributed by atoms with E-state index in [0.29, 0.717) is 12.6 Å². The summed E-state index contributed by atoms with van der Waals surface area (Å²) in [4.78, 5) is 14.7. The van der Waals surface area contributed by atoms with E-state index < -0.39 is 0 Å². The van der Waals surface area contributed by atoms with Crippen molar-refractivity contribution in [3.8, 4) is 0 Å². The SMILES string of the molecule is CC1CCN(C(CNC(=O)C2CNC2)c2ccccc2)CC1.